The average molecular weight is 474 g/mol. The van der Waals surface area contributed by atoms with Crippen molar-refractivity contribution in [1.82, 2.24) is 19.4 Å². The van der Waals surface area contributed by atoms with Gasteiger partial charge >= 0.3 is 0 Å². The van der Waals surface area contributed by atoms with Crippen molar-refractivity contribution in [3.63, 3.8) is 0 Å². The number of aryl methyl sites for hydroxylation is 1. The van der Waals surface area contributed by atoms with E-state index in [0.29, 0.717) is 23.9 Å². The summed E-state index contributed by atoms with van der Waals surface area (Å²) >= 11 is 0. The summed E-state index contributed by atoms with van der Waals surface area (Å²) in [7, 11) is 4.01. The van der Waals surface area contributed by atoms with Crippen molar-refractivity contribution >= 4 is 28.5 Å². The molecule has 1 N–H and O–H groups in total. The first-order valence-corrected chi connectivity index (χ1v) is 11.8. The summed E-state index contributed by atoms with van der Waals surface area (Å²) in [6, 6.07) is 15.5. The number of carbonyl (C=O) groups excluding carboxylic acids is 1. The second-order valence-electron chi connectivity index (χ2n) is 9.08. The van der Waals surface area contributed by atoms with E-state index in [2.05, 4.69) is 27.2 Å². The molecule has 8 heteroatoms. The Morgan fingerprint density at radius 1 is 1.06 bits per heavy atom. The number of aromatic nitrogens is 3. The van der Waals surface area contributed by atoms with Crippen LogP contribution in [0.15, 0.2) is 60.8 Å². The predicted molar refractivity (Wildman–Crippen MR) is 134 cm³/mol. The number of hydrogen-bond acceptors (Lipinski definition) is 6. The molecule has 2 aromatic heterocycles. The molecule has 2 aromatic carbocycles. The van der Waals surface area contributed by atoms with Crippen molar-refractivity contribution in [3.8, 4) is 11.5 Å². The number of fused-ring (bicyclic) bond motifs is 1. The van der Waals surface area contributed by atoms with Crippen LogP contribution >= 0.6 is 0 Å². The molecular formula is C27H28FN5O2. The van der Waals surface area contributed by atoms with Crippen LogP contribution in [0.5, 0.6) is 11.5 Å². The van der Waals surface area contributed by atoms with Crippen LogP contribution in [0.2, 0.25) is 0 Å². The zero-order chi connectivity index (χ0) is 24.4. The number of nitrogens with one attached hydrogen (secondary N) is 1. The van der Waals surface area contributed by atoms with E-state index in [1.807, 2.05) is 35.9 Å². The van der Waals surface area contributed by atoms with Gasteiger partial charge in [0.1, 0.15) is 23.1 Å². The van der Waals surface area contributed by atoms with Crippen molar-refractivity contribution in [1.29, 1.82) is 0 Å². The Bertz CT molecular complexity index is 1340. The molecule has 0 radical (unpaired) electrons. The maximum Gasteiger partial charge on any atom is 0.208 e. The summed E-state index contributed by atoms with van der Waals surface area (Å²) in [4.78, 5) is 24.0. The summed E-state index contributed by atoms with van der Waals surface area (Å²) in [5.74, 6) is 1.99. The van der Waals surface area contributed by atoms with E-state index in [0.717, 1.165) is 48.3 Å². The van der Waals surface area contributed by atoms with E-state index in [1.54, 1.807) is 24.4 Å². The highest BCUT2D eigenvalue weighted by Crippen LogP contribution is 2.28. The van der Waals surface area contributed by atoms with Crippen LogP contribution in [0.3, 0.4) is 0 Å². The molecule has 180 valence electrons. The third-order valence-electron chi connectivity index (χ3n) is 6.51. The molecule has 0 spiro atoms. The van der Waals surface area contributed by atoms with Crippen molar-refractivity contribution in [3.05, 3.63) is 72.3 Å². The molecule has 1 fully saturated rings. The Morgan fingerprint density at radius 2 is 1.80 bits per heavy atom. The minimum atomic E-state index is -0.284. The third kappa shape index (κ3) is 5.33. The molecule has 0 bridgehead atoms. The highest BCUT2D eigenvalue weighted by Gasteiger charge is 2.23. The van der Waals surface area contributed by atoms with Crippen LogP contribution < -0.4 is 10.1 Å². The summed E-state index contributed by atoms with van der Waals surface area (Å²) < 4.78 is 21.2. The zero-order valence-corrected chi connectivity index (χ0v) is 19.9. The maximum atomic E-state index is 13.2. The molecule has 4 aromatic rings. The van der Waals surface area contributed by atoms with Crippen LogP contribution in [-0.4, -0.2) is 45.4 Å². The Morgan fingerprint density at radius 3 is 2.57 bits per heavy atom. The van der Waals surface area contributed by atoms with Gasteiger partial charge in [-0.3, -0.25) is 9.78 Å². The summed E-state index contributed by atoms with van der Waals surface area (Å²) in [5.41, 5.74) is 3.17. The minimum absolute atomic E-state index is 0.113. The van der Waals surface area contributed by atoms with Gasteiger partial charge in [-0.25, -0.2) is 9.37 Å². The van der Waals surface area contributed by atoms with E-state index in [1.165, 1.54) is 12.1 Å². The van der Waals surface area contributed by atoms with E-state index in [-0.39, 0.29) is 17.5 Å². The second kappa shape index (κ2) is 9.84. The first-order valence-electron chi connectivity index (χ1n) is 11.8. The number of pyridine rings is 1. The normalized spacial score (nSPS) is 14.8. The third-order valence-corrected chi connectivity index (χ3v) is 6.51. The van der Waals surface area contributed by atoms with Crippen molar-refractivity contribution in [2.45, 2.75) is 19.3 Å². The number of rotatable bonds is 7. The second-order valence-corrected chi connectivity index (χ2v) is 9.08. The fourth-order valence-electron chi connectivity index (χ4n) is 4.42. The zero-order valence-electron chi connectivity index (χ0n) is 19.9. The largest absolute Gasteiger partial charge is 0.457 e. The number of ether oxygens (including phenoxy) is 1. The highest BCUT2D eigenvalue weighted by atomic mass is 19.1. The number of imidazole rings is 1. The molecule has 1 saturated heterocycles. The van der Waals surface area contributed by atoms with E-state index in [4.69, 9.17) is 4.74 Å². The lowest BCUT2D eigenvalue weighted by Crippen LogP contribution is -2.34. The number of carbonyl (C=O) groups is 1. The average Bonchev–Trinajstić information content (AvgIpc) is 3.15. The number of Topliss-reactive ketones (excluding diaryl/α,β-unsaturated/α-hetero) is 1. The van der Waals surface area contributed by atoms with E-state index >= 15 is 0 Å². The van der Waals surface area contributed by atoms with Gasteiger partial charge in [-0.15, -0.1) is 0 Å². The van der Waals surface area contributed by atoms with Crippen molar-refractivity contribution < 1.29 is 13.9 Å². The molecule has 3 heterocycles. The number of likely N-dealkylation sites (tertiary alicyclic amines) is 1. The predicted octanol–water partition coefficient (Wildman–Crippen LogP) is 5.10. The van der Waals surface area contributed by atoms with Crippen LogP contribution in [0.1, 0.15) is 18.5 Å². The topological polar surface area (TPSA) is 72.3 Å². The molecule has 35 heavy (non-hydrogen) atoms. The van der Waals surface area contributed by atoms with Gasteiger partial charge in [0.25, 0.3) is 0 Å². The van der Waals surface area contributed by atoms with Gasteiger partial charge < -0.3 is 19.5 Å². The molecular weight excluding hydrogens is 445 g/mol. The lowest BCUT2D eigenvalue weighted by molar-refractivity contribution is -0.123. The standard InChI is InChI=1S/C27H28FN5O2/c1-32-13-10-18(11-14-32)26(34)16-21-15-23(9-12-29-21)35-22-7-8-25-24(17-22)31-27(33(25)2)30-20-5-3-19(28)4-6-20/h3-9,12,15,17-18H,10-11,13-14,16H2,1-2H3,(H,30,31). The Labute approximate surface area is 203 Å². The number of piperidine rings is 1. The quantitative estimate of drug-likeness (QED) is 0.403. The lowest BCUT2D eigenvalue weighted by atomic mass is 9.90. The first kappa shape index (κ1) is 23.0. The molecule has 1 aliphatic heterocycles. The first-order chi connectivity index (χ1) is 16.9. The Hall–Kier alpha value is -3.78. The molecule has 0 atom stereocenters. The molecule has 0 amide bonds. The maximum absolute atomic E-state index is 13.2. The molecule has 7 nitrogen and oxygen atoms in total. The van der Waals surface area contributed by atoms with Crippen LogP contribution in [0.4, 0.5) is 16.0 Å². The van der Waals surface area contributed by atoms with Gasteiger partial charge in [0.05, 0.1) is 16.7 Å². The molecule has 1 aliphatic rings. The molecule has 5 rings (SSSR count). The monoisotopic (exact) mass is 473 g/mol. The Kier molecular flexibility index (Phi) is 6.46. The van der Waals surface area contributed by atoms with Gasteiger partial charge in [0.15, 0.2) is 0 Å². The van der Waals surface area contributed by atoms with Crippen LogP contribution in [-0.2, 0) is 18.3 Å². The van der Waals surface area contributed by atoms with Gasteiger partial charge in [0.2, 0.25) is 5.95 Å². The number of halogens is 1. The smallest absolute Gasteiger partial charge is 0.208 e. The number of hydrogen-bond donors (Lipinski definition) is 1. The van der Waals surface area contributed by atoms with E-state index < -0.39 is 0 Å². The highest BCUT2D eigenvalue weighted by molar-refractivity contribution is 5.83. The number of benzene rings is 2. The summed E-state index contributed by atoms with van der Waals surface area (Å²) in [6.07, 6.45) is 3.82. The van der Waals surface area contributed by atoms with Gasteiger partial charge in [-0.1, -0.05) is 0 Å². The Balaban J connectivity index is 1.28. The number of anilines is 2. The number of ketones is 1. The van der Waals surface area contributed by atoms with Crippen LogP contribution in [0, 0.1) is 11.7 Å². The SMILES string of the molecule is CN1CCC(C(=O)Cc2cc(Oc3ccc4c(c3)nc(Nc3ccc(F)cc3)n4C)ccn2)CC1. The lowest BCUT2D eigenvalue weighted by Gasteiger charge is -2.27. The molecule has 0 unspecified atom stereocenters. The van der Waals surface area contributed by atoms with E-state index in [9.17, 15) is 9.18 Å². The summed E-state index contributed by atoms with van der Waals surface area (Å²) in [5, 5.41) is 3.21. The van der Waals surface area contributed by atoms with Crippen molar-refractivity contribution in [2.75, 3.05) is 25.5 Å². The minimum Gasteiger partial charge on any atom is -0.457 e. The fourth-order valence-corrected chi connectivity index (χ4v) is 4.42. The van der Waals surface area contributed by atoms with Crippen molar-refractivity contribution in [2.24, 2.45) is 13.0 Å². The van der Waals surface area contributed by atoms with Gasteiger partial charge in [-0.2, -0.15) is 0 Å². The van der Waals surface area contributed by atoms with Gasteiger partial charge in [-0.05, 0) is 75.4 Å². The van der Waals surface area contributed by atoms with Crippen LogP contribution in [0.25, 0.3) is 11.0 Å². The summed E-state index contributed by atoms with van der Waals surface area (Å²) in [6.45, 7) is 1.92. The fraction of sp³-hybridized carbons (Fsp3) is 0.296. The molecule has 0 aliphatic carbocycles. The molecule has 0 saturated carbocycles. The van der Waals surface area contributed by atoms with Gasteiger partial charge in [0, 0.05) is 43.4 Å². The number of nitrogens with zero attached hydrogens (tertiary/aromatic N) is 4.